The zero-order chi connectivity index (χ0) is 39.8. The number of hydrogen-bond donors (Lipinski definition) is 5. The number of nitrogens with zero attached hydrogens (tertiary/aromatic N) is 4. The normalized spacial score (nSPS) is 33.1. The number of aliphatic hydroxyl groups is 2. The number of nitrogens with two attached hydrogens (primary N) is 1. The smallest absolute Gasteiger partial charge is 0.342 e. The van der Waals surface area contributed by atoms with Crippen molar-refractivity contribution in [1.82, 2.24) is 25.2 Å². The number of carbonyl (C=O) groups is 3. The quantitative estimate of drug-likeness (QED) is 0.118. The van der Waals surface area contributed by atoms with E-state index in [1.54, 1.807) is 31.3 Å². The molecule has 7 rings (SSSR count). The van der Waals surface area contributed by atoms with Crippen LogP contribution in [0.25, 0.3) is 5.57 Å². The zero-order valence-corrected chi connectivity index (χ0v) is 32.4. The Balaban J connectivity index is 1.30. The van der Waals surface area contributed by atoms with Gasteiger partial charge in [-0.25, -0.2) is 24.5 Å². The number of amides is 1. The molecule has 0 radical (unpaired) electrons. The summed E-state index contributed by atoms with van der Waals surface area (Å²) in [6, 6.07) is 3.87. The summed E-state index contributed by atoms with van der Waals surface area (Å²) in [6.45, 7) is 9.96. The molecule has 3 aliphatic heterocycles. The van der Waals surface area contributed by atoms with Crippen LogP contribution in [0.1, 0.15) is 58.9 Å². The van der Waals surface area contributed by atoms with Crippen molar-refractivity contribution >= 4 is 35.2 Å². The number of nitrogens with one attached hydrogen (secondary N) is 2. The van der Waals surface area contributed by atoms with Crippen molar-refractivity contribution in [1.29, 1.82) is 0 Å². The molecule has 5 aliphatic rings. The molecule has 4 fully saturated rings. The highest BCUT2D eigenvalue weighted by Gasteiger charge is 2.71. The number of epoxide rings is 1. The summed E-state index contributed by atoms with van der Waals surface area (Å²) in [5.41, 5.74) is 4.17. The Labute approximate surface area is 326 Å². The second-order valence-electron chi connectivity index (χ2n) is 16.1. The number of aliphatic hydroxyl groups excluding tert-OH is 2. The highest BCUT2D eigenvalue weighted by atomic mass is 16.6. The van der Waals surface area contributed by atoms with Gasteiger partial charge in [0.25, 0.3) is 0 Å². The minimum Gasteiger partial charge on any atom is -0.462 e. The molecule has 0 aromatic carbocycles. The van der Waals surface area contributed by atoms with Crippen molar-refractivity contribution in [3.8, 4) is 0 Å². The monoisotopic (exact) mass is 775 g/mol. The van der Waals surface area contributed by atoms with Gasteiger partial charge in [-0.2, -0.15) is 0 Å². The number of morpholine rings is 1. The fraction of sp³-hybridized carbons (Fsp3) is 0.600. The van der Waals surface area contributed by atoms with E-state index in [1.165, 1.54) is 12.4 Å². The van der Waals surface area contributed by atoms with E-state index >= 15 is 0 Å². The SMILES string of the molecule is CCOC(=O)C(=C1C=C(C(CC2C3(CO3)C(NC(C)C(=O)N3CCOCC3)CC3[C@]2(C)CC[C@@H](O)[C@@]3(C)CO)Nc2ccccn2)C(=O)O1)c1cnc(N)nc1. The maximum Gasteiger partial charge on any atom is 0.342 e. The molecular formula is C40H53N7O9. The first-order valence-electron chi connectivity index (χ1n) is 19.5. The molecule has 2 aromatic rings. The standard InChI is InChI=1S/C40H53N7O9/c1-5-54-36(52)33(24-19-43-37(41)44-20-24)27-16-25(35(51)56-27)26(46-32-8-6-7-11-42-32)17-29-38(3)10-9-31(49)39(4,21-48)28(38)18-30(40(29)22-55-40)45-23(2)34(50)47-12-14-53-15-13-47/h6-8,11,16,19-20,23,26,28-31,45,48-49H,5,9-10,12-15,17-18,21-22H2,1-4H3,(H,42,46)(H2,41,43,44)/t23?,26?,28?,29?,30?,31-,38+,39+,40?/m1/s1. The molecule has 6 N–H and O–H groups in total. The van der Waals surface area contributed by atoms with E-state index in [1.807, 2.05) is 24.8 Å². The molecule has 6 unspecified atom stereocenters. The Kier molecular flexibility index (Phi) is 11.2. The van der Waals surface area contributed by atoms with Gasteiger partial charge in [0, 0.05) is 48.7 Å². The van der Waals surface area contributed by atoms with Crippen LogP contribution in [0.15, 0.2) is 54.2 Å². The summed E-state index contributed by atoms with van der Waals surface area (Å²) in [5, 5.41) is 29.6. The molecule has 0 bridgehead atoms. The maximum atomic E-state index is 14.0. The number of aromatic nitrogens is 3. The number of cyclic esters (lactones) is 1. The number of hydrogen-bond acceptors (Lipinski definition) is 15. The third-order valence-corrected chi connectivity index (χ3v) is 13.0. The maximum absolute atomic E-state index is 14.0. The highest BCUT2D eigenvalue weighted by molar-refractivity contribution is 6.18. The third-order valence-electron chi connectivity index (χ3n) is 13.0. The molecule has 2 saturated carbocycles. The van der Waals surface area contributed by atoms with Crippen LogP contribution in [-0.4, -0.2) is 124 Å². The first kappa shape index (κ1) is 39.7. The summed E-state index contributed by atoms with van der Waals surface area (Å²) < 4.78 is 23.3. The molecular weight excluding hydrogens is 722 g/mol. The molecule has 5 heterocycles. The van der Waals surface area contributed by atoms with Gasteiger partial charge in [0.1, 0.15) is 22.8 Å². The molecule has 9 atom stereocenters. The third kappa shape index (κ3) is 7.28. The van der Waals surface area contributed by atoms with E-state index < -0.39 is 46.6 Å². The number of allylic oxidation sites excluding steroid dienone is 1. The largest absolute Gasteiger partial charge is 0.462 e. The van der Waals surface area contributed by atoms with Gasteiger partial charge >= 0.3 is 11.9 Å². The Hall–Kier alpha value is -4.48. The van der Waals surface area contributed by atoms with Gasteiger partial charge in [0.05, 0.1) is 56.8 Å². The average Bonchev–Trinajstić information content (AvgIpc) is 3.90. The van der Waals surface area contributed by atoms with Crippen LogP contribution in [0, 0.1) is 22.7 Å². The summed E-state index contributed by atoms with van der Waals surface area (Å²) in [6.07, 6.45) is 7.23. The molecule has 16 nitrogen and oxygen atoms in total. The lowest BCUT2D eigenvalue weighted by atomic mass is 9.43. The number of rotatable bonds is 12. The molecule has 2 saturated heterocycles. The van der Waals surface area contributed by atoms with Gasteiger partial charge in [-0.05, 0) is 75.0 Å². The van der Waals surface area contributed by atoms with Crippen LogP contribution in [-0.2, 0) is 33.3 Å². The summed E-state index contributed by atoms with van der Waals surface area (Å²) in [7, 11) is 0. The minimum absolute atomic E-state index is 0.0110. The predicted molar refractivity (Wildman–Crippen MR) is 203 cm³/mol. The second kappa shape index (κ2) is 15.8. The summed E-state index contributed by atoms with van der Waals surface area (Å²) in [4.78, 5) is 55.5. The van der Waals surface area contributed by atoms with Crippen molar-refractivity contribution in [2.75, 3.05) is 57.2 Å². The van der Waals surface area contributed by atoms with Crippen LogP contribution >= 0.6 is 0 Å². The Morgan fingerprint density at radius 3 is 2.54 bits per heavy atom. The molecule has 1 spiro atoms. The van der Waals surface area contributed by atoms with Crippen LogP contribution in [0.3, 0.4) is 0 Å². The topological polar surface area (TPSA) is 224 Å². The highest BCUT2D eigenvalue weighted by Crippen LogP contribution is 2.66. The van der Waals surface area contributed by atoms with Crippen LogP contribution in [0.2, 0.25) is 0 Å². The number of nitrogen functional groups attached to an aromatic ring is 1. The fourth-order valence-corrected chi connectivity index (χ4v) is 9.85. The van der Waals surface area contributed by atoms with Gasteiger partial charge in [-0.3, -0.25) is 4.79 Å². The van der Waals surface area contributed by atoms with Crippen molar-refractivity contribution in [2.24, 2.45) is 22.7 Å². The van der Waals surface area contributed by atoms with E-state index in [2.05, 4.69) is 32.5 Å². The summed E-state index contributed by atoms with van der Waals surface area (Å²) >= 11 is 0. The van der Waals surface area contributed by atoms with E-state index in [-0.39, 0.29) is 65.4 Å². The van der Waals surface area contributed by atoms with Gasteiger partial charge < -0.3 is 50.4 Å². The van der Waals surface area contributed by atoms with Gasteiger partial charge in [0.15, 0.2) is 0 Å². The van der Waals surface area contributed by atoms with Gasteiger partial charge in [0.2, 0.25) is 11.9 Å². The number of ether oxygens (including phenoxy) is 4. The Morgan fingerprint density at radius 1 is 1.16 bits per heavy atom. The van der Waals surface area contributed by atoms with Crippen molar-refractivity contribution < 1.29 is 43.5 Å². The molecule has 1 amide bonds. The van der Waals surface area contributed by atoms with Gasteiger partial charge in [-0.15, -0.1) is 0 Å². The lowest BCUT2D eigenvalue weighted by molar-refractivity contribution is -0.184. The molecule has 16 heteroatoms. The zero-order valence-electron chi connectivity index (χ0n) is 32.4. The first-order chi connectivity index (χ1) is 26.8. The Morgan fingerprint density at radius 2 is 1.89 bits per heavy atom. The Bertz CT molecular complexity index is 1850. The van der Waals surface area contributed by atoms with Crippen molar-refractivity contribution in [3.05, 3.63) is 59.8 Å². The first-order valence-corrected chi connectivity index (χ1v) is 19.5. The minimum atomic E-state index is -0.847. The van der Waals surface area contributed by atoms with Crippen LogP contribution in [0.5, 0.6) is 0 Å². The van der Waals surface area contributed by atoms with Crippen LogP contribution < -0.4 is 16.4 Å². The molecule has 56 heavy (non-hydrogen) atoms. The van der Waals surface area contributed by atoms with Crippen molar-refractivity contribution in [3.63, 3.8) is 0 Å². The van der Waals surface area contributed by atoms with E-state index in [9.17, 15) is 24.6 Å². The molecule has 302 valence electrons. The number of carbonyl (C=O) groups excluding carboxylic acids is 3. The number of fused-ring (bicyclic) bond motifs is 1. The number of pyridine rings is 1. The molecule has 2 aromatic heterocycles. The van der Waals surface area contributed by atoms with E-state index in [0.717, 1.165) is 0 Å². The lowest BCUT2D eigenvalue weighted by Crippen LogP contribution is -2.68. The van der Waals surface area contributed by atoms with E-state index in [4.69, 9.17) is 24.7 Å². The average molecular weight is 776 g/mol. The summed E-state index contributed by atoms with van der Waals surface area (Å²) in [5.74, 6) is -1.34. The van der Waals surface area contributed by atoms with Crippen LogP contribution in [0.4, 0.5) is 11.8 Å². The second-order valence-corrected chi connectivity index (χ2v) is 16.1. The lowest BCUT2D eigenvalue weighted by Gasteiger charge is -2.63. The number of anilines is 2. The van der Waals surface area contributed by atoms with Gasteiger partial charge in [-0.1, -0.05) is 19.9 Å². The molecule has 2 aliphatic carbocycles. The predicted octanol–water partition coefficient (Wildman–Crippen LogP) is 1.85. The van der Waals surface area contributed by atoms with Crippen molar-refractivity contribution in [2.45, 2.75) is 83.2 Å². The van der Waals surface area contributed by atoms with E-state index in [0.29, 0.717) is 64.4 Å². The fourth-order valence-electron chi connectivity index (χ4n) is 9.85. The number of esters is 2.